The molecule has 102 valence electrons. The maximum atomic E-state index is 4.44. The fourth-order valence-electron chi connectivity index (χ4n) is 5.05. The van der Waals surface area contributed by atoms with Crippen molar-refractivity contribution in [2.45, 2.75) is 51.6 Å². The number of hydrogen-bond donors (Lipinski definition) is 1. The van der Waals surface area contributed by atoms with Gasteiger partial charge in [-0.3, -0.25) is 9.97 Å². The summed E-state index contributed by atoms with van der Waals surface area (Å²) in [7, 11) is 0. The number of aryl methyl sites for hydroxylation is 1. The lowest BCUT2D eigenvalue weighted by molar-refractivity contribution is 0.207. The van der Waals surface area contributed by atoms with Gasteiger partial charge >= 0.3 is 0 Å². The summed E-state index contributed by atoms with van der Waals surface area (Å²) in [6.07, 6.45) is 11.2. The quantitative estimate of drug-likeness (QED) is 0.904. The van der Waals surface area contributed by atoms with Crippen LogP contribution in [0.15, 0.2) is 12.4 Å². The molecular formula is C16H23N3. The first kappa shape index (κ1) is 11.8. The third-order valence-electron chi connectivity index (χ3n) is 5.81. The smallest absolute Gasteiger partial charge is 0.0724 e. The summed E-state index contributed by atoms with van der Waals surface area (Å²) in [6, 6.07) is 0.743. The summed E-state index contributed by atoms with van der Waals surface area (Å²) in [5.74, 6) is 4.11. The first-order valence-electron chi connectivity index (χ1n) is 7.82. The molecule has 3 saturated carbocycles. The highest BCUT2D eigenvalue weighted by Crippen LogP contribution is 2.58. The van der Waals surface area contributed by atoms with Gasteiger partial charge in [0.05, 0.1) is 11.4 Å². The molecule has 0 aliphatic heterocycles. The molecule has 3 nitrogen and oxygen atoms in total. The fraction of sp³-hybridized carbons (Fsp3) is 0.750. The zero-order valence-electron chi connectivity index (χ0n) is 11.7. The standard InChI is InChI=1S/C16H23N3/c1-10-7-18-12(8-17-10)9-19-16-6-11-5-15(16)14-4-2-3-13(11)14/h7-8,11,13-16,19H,2-6,9H2,1H3. The molecule has 0 saturated heterocycles. The van der Waals surface area contributed by atoms with Crippen LogP contribution in [0.25, 0.3) is 0 Å². The van der Waals surface area contributed by atoms with Gasteiger partial charge in [-0.05, 0) is 56.3 Å². The summed E-state index contributed by atoms with van der Waals surface area (Å²) in [5, 5.41) is 3.76. The van der Waals surface area contributed by atoms with Gasteiger partial charge in [0, 0.05) is 25.0 Å². The van der Waals surface area contributed by atoms with Crippen LogP contribution in [0.3, 0.4) is 0 Å². The Hall–Kier alpha value is -0.960. The highest BCUT2D eigenvalue weighted by atomic mass is 15.0. The van der Waals surface area contributed by atoms with E-state index >= 15 is 0 Å². The van der Waals surface area contributed by atoms with E-state index in [4.69, 9.17) is 0 Å². The van der Waals surface area contributed by atoms with Gasteiger partial charge in [-0.2, -0.15) is 0 Å². The minimum atomic E-state index is 0.743. The SMILES string of the molecule is Cc1cnc(CNC2CC3CC2C2CCCC32)cn1. The number of nitrogens with one attached hydrogen (secondary N) is 1. The first-order valence-corrected chi connectivity index (χ1v) is 7.82. The first-order chi connectivity index (χ1) is 9.31. The van der Waals surface area contributed by atoms with Gasteiger partial charge < -0.3 is 5.32 Å². The molecule has 1 N–H and O–H groups in total. The Morgan fingerprint density at radius 2 is 2.00 bits per heavy atom. The molecule has 1 aromatic rings. The zero-order chi connectivity index (χ0) is 12.8. The van der Waals surface area contributed by atoms with Gasteiger partial charge in [-0.25, -0.2) is 0 Å². The van der Waals surface area contributed by atoms with Crippen molar-refractivity contribution in [2.75, 3.05) is 0 Å². The molecule has 4 rings (SSSR count). The van der Waals surface area contributed by atoms with Crippen LogP contribution in [0.2, 0.25) is 0 Å². The highest BCUT2D eigenvalue weighted by Gasteiger charge is 2.53. The van der Waals surface area contributed by atoms with Crippen LogP contribution in [0.4, 0.5) is 0 Å². The molecule has 0 spiro atoms. The van der Waals surface area contributed by atoms with Crippen molar-refractivity contribution in [3.8, 4) is 0 Å². The predicted molar refractivity (Wildman–Crippen MR) is 74.4 cm³/mol. The molecule has 3 fully saturated rings. The van der Waals surface area contributed by atoms with Crippen LogP contribution in [0.1, 0.15) is 43.5 Å². The van der Waals surface area contributed by atoms with Crippen LogP contribution >= 0.6 is 0 Å². The molecule has 1 heterocycles. The van der Waals surface area contributed by atoms with Crippen LogP contribution < -0.4 is 5.32 Å². The lowest BCUT2D eigenvalue weighted by Gasteiger charge is -2.32. The minimum absolute atomic E-state index is 0.743. The third kappa shape index (κ3) is 1.99. The van der Waals surface area contributed by atoms with E-state index < -0.39 is 0 Å². The maximum Gasteiger partial charge on any atom is 0.0724 e. The average Bonchev–Trinajstić information content (AvgIpc) is 3.10. The van der Waals surface area contributed by atoms with E-state index in [2.05, 4.69) is 15.3 Å². The van der Waals surface area contributed by atoms with Gasteiger partial charge in [0.25, 0.3) is 0 Å². The second kappa shape index (κ2) is 4.55. The number of aromatic nitrogens is 2. The molecule has 3 heteroatoms. The number of hydrogen-bond acceptors (Lipinski definition) is 3. The molecule has 5 atom stereocenters. The lowest BCUT2D eigenvalue weighted by atomic mass is 9.79. The van der Waals surface area contributed by atoms with Gasteiger partial charge in [-0.15, -0.1) is 0 Å². The predicted octanol–water partition coefficient (Wildman–Crippen LogP) is 2.70. The van der Waals surface area contributed by atoms with Crippen molar-refractivity contribution in [3.05, 3.63) is 23.8 Å². The van der Waals surface area contributed by atoms with Crippen LogP contribution in [-0.4, -0.2) is 16.0 Å². The normalized spacial score (nSPS) is 39.7. The molecule has 3 aliphatic carbocycles. The Kier molecular flexibility index (Phi) is 2.83. The van der Waals surface area contributed by atoms with Crippen molar-refractivity contribution < 1.29 is 0 Å². The maximum absolute atomic E-state index is 4.44. The van der Waals surface area contributed by atoms with Crippen LogP contribution in [0, 0.1) is 30.6 Å². The van der Waals surface area contributed by atoms with E-state index in [-0.39, 0.29) is 0 Å². The van der Waals surface area contributed by atoms with Crippen molar-refractivity contribution in [3.63, 3.8) is 0 Å². The summed E-state index contributed by atoms with van der Waals surface area (Å²) in [4.78, 5) is 8.77. The van der Waals surface area contributed by atoms with Gasteiger partial charge in [-0.1, -0.05) is 6.42 Å². The summed E-state index contributed by atoms with van der Waals surface area (Å²) >= 11 is 0. The lowest BCUT2D eigenvalue weighted by Crippen LogP contribution is -2.39. The number of fused-ring (bicyclic) bond motifs is 5. The third-order valence-corrected chi connectivity index (χ3v) is 5.81. The second-order valence-electron chi connectivity index (χ2n) is 6.79. The monoisotopic (exact) mass is 257 g/mol. The summed E-state index contributed by atoms with van der Waals surface area (Å²) < 4.78 is 0. The Balaban J connectivity index is 1.38. The molecule has 0 aromatic carbocycles. The molecule has 19 heavy (non-hydrogen) atoms. The van der Waals surface area contributed by atoms with Crippen LogP contribution in [-0.2, 0) is 6.54 Å². The molecule has 1 aromatic heterocycles. The van der Waals surface area contributed by atoms with Gasteiger partial charge in [0.15, 0.2) is 0 Å². The van der Waals surface area contributed by atoms with Crippen LogP contribution in [0.5, 0.6) is 0 Å². The van der Waals surface area contributed by atoms with Gasteiger partial charge in [0.1, 0.15) is 0 Å². The van der Waals surface area contributed by atoms with Crippen molar-refractivity contribution >= 4 is 0 Å². The average molecular weight is 257 g/mol. The largest absolute Gasteiger partial charge is 0.308 e. The Morgan fingerprint density at radius 3 is 2.84 bits per heavy atom. The van der Waals surface area contributed by atoms with E-state index in [0.29, 0.717) is 0 Å². The molecular weight excluding hydrogens is 234 g/mol. The fourth-order valence-corrected chi connectivity index (χ4v) is 5.05. The molecule has 3 aliphatic rings. The highest BCUT2D eigenvalue weighted by molar-refractivity contribution is 5.07. The van der Waals surface area contributed by atoms with Gasteiger partial charge in [0.2, 0.25) is 0 Å². The number of nitrogens with zero attached hydrogens (tertiary/aromatic N) is 2. The van der Waals surface area contributed by atoms with Crippen molar-refractivity contribution in [1.29, 1.82) is 0 Å². The van der Waals surface area contributed by atoms with E-state index in [9.17, 15) is 0 Å². The minimum Gasteiger partial charge on any atom is -0.308 e. The summed E-state index contributed by atoms with van der Waals surface area (Å²) in [5.41, 5.74) is 2.08. The zero-order valence-corrected chi connectivity index (χ0v) is 11.7. The van der Waals surface area contributed by atoms with Crippen molar-refractivity contribution in [2.24, 2.45) is 23.7 Å². The Labute approximate surface area is 115 Å². The Morgan fingerprint density at radius 1 is 1.11 bits per heavy atom. The molecule has 5 unspecified atom stereocenters. The molecule has 0 amide bonds. The van der Waals surface area contributed by atoms with E-state index in [1.54, 1.807) is 0 Å². The molecule has 2 bridgehead atoms. The Bertz CT molecular complexity index is 456. The summed E-state index contributed by atoms with van der Waals surface area (Å²) in [6.45, 7) is 2.87. The van der Waals surface area contributed by atoms with E-state index in [1.165, 1.54) is 32.1 Å². The molecule has 0 radical (unpaired) electrons. The van der Waals surface area contributed by atoms with E-state index in [1.807, 2.05) is 19.3 Å². The number of rotatable bonds is 3. The second-order valence-corrected chi connectivity index (χ2v) is 6.79. The van der Waals surface area contributed by atoms with Crippen molar-refractivity contribution in [1.82, 2.24) is 15.3 Å². The topological polar surface area (TPSA) is 37.8 Å². The van der Waals surface area contributed by atoms with E-state index in [0.717, 1.165) is 47.6 Å².